The van der Waals surface area contributed by atoms with Crippen molar-refractivity contribution in [2.45, 2.75) is 39.0 Å². The monoisotopic (exact) mass is 214 g/mol. The van der Waals surface area contributed by atoms with Gasteiger partial charge in [0.15, 0.2) is 0 Å². The van der Waals surface area contributed by atoms with Crippen LogP contribution in [0, 0.1) is 5.41 Å². The zero-order chi connectivity index (χ0) is 10.6. The van der Waals surface area contributed by atoms with Gasteiger partial charge < -0.3 is 10.6 Å². The summed E-state index contributed by atoms with van der Waals surface area (Å²) in [6.07, 6.45) is 6.12. The largest absolute Gasteiger partial charge is 0.393 e. The van der Waals surface area contributed by atoms with Crippen LogP contribution in [0.15, 0.2) is 0 Å². The maximum atomic E-state index is 5.61. The molecule has 14 heavy (non-hydrogen) atoms. The van der Waals surface area contributed by atoms with Crippen molar-refractivity contribution in [1.29, 1.82) is 0 Å². The lowest BCUT2D eigenvalue weighted by molar-refractivity contribution is 0.263. The molecule has 0 heterocycles. The number of hydrogen-bond donors (Lipinski definition) is 1. The first-order valence-electron chi connectivity index (χ1n) is 5.55. The van der Waals surface area contributed by atoms with Gasteiger partial charge in [0.05, 0.1) is 4.99 Å². The van der Waals surface area contributed by atoms with E-state index in [1.807, 2.05) is 0 Å². The molecule has 2 N–H and O–H groups in total. The first-order chi connectivity index (χ1) is 6.58. The third kappa shape index (κ3) is 3.93. The van der Waals surface area contributed by atoms with E-state index in [-0.39, 0.29) is 0 Å². The second-order valence-corrected chi connectivity index (χ2v) is 5.26. The first-order valence-corrected chi connectivity index (χ1v) is 5.96. The summed E-state index contributed by atoms with van der Waals surface area (Å²) in [7, 11) is 2.20. The van der Waals surface area contributed by atoms with Gasteiger partial charge in [0.25, 0.3) is 0 Å². The summed E-state index contributed by atoms with van der Waals surface area (Å²) in [6, 6.07) is 0. The number of nitrogens with two attached hydrogens (primary N) is 1. The highest BCUT2D eigenvalue weighted by Gasteiger charge is 2.43. The standard InChI is InChI=1S/C11H22N2S/c1-3-4-7-13(2)9-11(5-6-11)8-10(12)14/h3-9H2,1-2H3,(H2,12,14). The lowest BCUT2D eigenvalue weighted by atomic mass is 10.0. The molecule has 0 atom stereocenters. The molecular weight excluding hydrogens is 192 g/mol. The molecule has 0 aromatic rings. The molecule has 1 aliphatic carbocycles. The van der Waals surface area contributed by atoms with Crippen molar-refractivity contribution in [3.63, 3.8) is 0 Å². The molecule has 0 amide bonds. The van der Waals surface area contributed by atoms with Gasteiger partial charge in [0, 0.05) is 13.0 Å². The Labute approximate surface area is 92.8 Å². The zero-order valence-corrected chi connectivity index (χ0v) is 10.2. The smallest absolute Gasteiger partial charge is 0.0733 e. The van der Waals surface area contributed by atoms with Gasteiger partial charge in [0.1, 0.15) is 0 Å². The second kappa shape index (κ2) is 5.08. The summed E-state index contributed by atoms with van der Waals surface area (Å²) in [5.74, 6) is 0. The van der Waals surface area contributed by atoms with Gasteiger partial charge in [-0.05, 0) is 38.3 Å². The molecule has 0 spiro atoms. The van der Waals surface area contributed by atoms with Crippen LogP contribution < -0.4 is 5.73 Å². The van der Waals surface area contributed by atoms with Crippen LogP contribution in [0.25, 0.3) is 0 Å². The first kappa shape index (κ1) is 11.9. The molecule has 0 radical (unpaired) electrons. The highest BCUT2D eigenvalue weighted by Crippen LogP contribution is 2.49. The molecular formula is C11H22N2S. The van der Waals surface area contributed by atoms with Gasteiger partial charge in [-0.3, -0.25) is 0 Å². The number of hydrogen-bond acceptors (Lipinski definition) is 2. The van der Waals surface area contributed by atoms with Crippen molar-refractivity contribution in [2.75, 3.05) is 20.1 Å². The van der Waals surface area contributed by atoms with E-state index in [0.717, 1.165) is 6.42 Å². The minimum absolute atomic E-state index is 0.453. The molecule has 1 rings (SSSR count). The predicted molar refractivity (Wildman–Crippen MR) is 65.5 cm³/mol. The van der Waals surface area contributed by atoms with Crippen molar-refractivity contribution in [2.24, 2.45) is 11.1 Å². The molecule has 0 saturated heterocycles. The van der Waals surface area contributed by atoms with Crippen molar-refractivity contribution in [3.8, 4) is 0 Å². The summed E-state index contributed by atoms with van der Waals surface area (Å²) < 4.78 is 0. The van der Waals surface area contributed by atoms with Gasteiger partial charge in [-0.15, -0.1) is 0 Å². The van der Waals surface area contributed by atoms with Crippen molar-refractivity contribution in [1.82, 2.24) is 4.90 Å². The third-order valence-corrected chi connectivity index (χ3v) is 3.15. The Morgan fingerprint density at radius 3 is 2.57 bits per heavy atom. The Kier molecular flexibility index (Phi) is 4.32. The fourth-order valence-corrected chi connectivity index (χ4v) is 2.32. The topological polar surface area (TPSA) is 29.3 Å². The Morgan fingerprint density at radius 1 is 1.50 bits per heavy atom. The summed E-state index contributed by atoms with van der Waals surface area (Å²) in [5, 5.41) is 0. The molecule has 1 saturated carbocycles. The third-order valence-electron chi connectivity index (χ3n) is 3.01. The molecule has 2 nitrogen and oxygen atoms in total. The van der Waals surface area contributed by atoms with E-state index in [9.17, 15) is 0 Å². The maximum Gasteiger partial charge on any atom is 0.0733 e. The summed E-state index contributed by atoms with van der Waals surface area (Å²) >= 11 is 4.98. The average Bonchev–Trinajstić information content (AvgIpc) is 2.80. The van der Waals surface area contributed by atoms with Crippen LogP contribution in [0.5, 0.6) is 0 Å². The normalized spacial score (nSPS) is 18.5. The number of thiocarbonyl (C=S) groups is 1. The Bertz CT molecular complexity index is 199. The molecule has 82 valence electrons. The fraction of sp³-hybridized carbons (Fsp3) is 0.909. The molecule has 3 heteroatoms. The number of unbranched alkanes of at least 4 members (excludes halogenated alkanes) is 1. The molecule has 0 unspecified atom stereocenters. The van der Waals surface area contributed by atoms with E-state index >= 15 is 0 Å². The fourth-order valence-electron chi connectivity index (χ4n) is 2.02. The lowest BCUT2D eigenvalue weighted by Gasteiger charge is -2.23. The number of rotatable bonds is 7. The Balaban J connectivity index is 2.25. The number of nitrogens with zero attached hydrogens (tertiary/aromatic N) is 1. The second-order valence-electron chi connectivity index (χ2n) is 4.73. The van der Waals surface area contributed by atoms with Gasteiger partial charge in [-0.1, -0.05) is 25.6 Å². The summed E-state index contributed by atoms with van der Waals surface area (Å²) in [4.78, 5) is 3.11. The van der Waals surface area contributed by atoms with Gasteiger partial charge in [-0.25, -0.2) is 0 Å². The van der Waals surface area contributed by atoms with E-state index in [0.29, 0.717) is 10.4 Å². The average molecular weight is 214 g/mol. The summed E-state index contributed by atoms with van der Waals surface area (Å²) in [5.41, 5.74) is 6.06. The Morgan fingerprint density at radius 2 is 2.14 bits per heavy atom. The Hall–Kier alpha value is -0.150. The summed E-state index contributed by atoms with van der Waals surface area (Å²) in [6.45, 7) is 4.61. The van der Waals surface area contributed by atoms with E-state index in [1.54, 1.807) is 0 Å². The predicted octanol–water partition coefficient (Wildman–Crippen LogP) is 2.17. The van der Waals surface area contributed by atoms with Crippen molar-refractivity contribution in [3.05, 3.63) is 0 Å². The van der Waals surface area contributed by atoms with Crippen LogP contribution >= 0.6 is 12.2 Å². The highest BCUT2D eigenvalue weighted by molar-refractivity contribution is 7.80. The minimum Gasteiger partial charge on any atom is -0.393 e. The quantitative estimate of drug-likeness (QED) is 0.659. The van der Waals surface area contributed by atoms with Crippen LogP contribution in [0.2, 0.25) is 0 Å². The van der Waals surface area contributed by atoms with Gasteiger partial charge in [-0.2, -0.15) is 0 Å². The minimum atomic E-state index is 0.453. The van der Waals surface area contributed by atoms with Gasteiger partial charge in [0.2, 0.25) is 0 Å². The van der Waals surface area contributed by atoms with Crippen LogP contribution in [0.1, 0.15) is 39.0 Å². The van der Waals surface area contributed by atoms with E-state index in [1.165, 1.54) is 38.8 Å². The van der Waals surface area contributed by atoms with Crippen LogP contribution in [0.4, 0.5) is 0 Å². The van der Waals surface area contributed by atoms with Crippen LogP contribution in [0.3, 0.4) is 0 Å². The van der Waals surface area contributed by atoms with Crippen LogP contribution in [-0.2, 0) is 0 Å². The molecule has 1 aliphatic rings. The highest BCUT2D eigenvalue weighted by atomic mass is 32.1. The van der Waals surface area contributed by atoms with E-state index < -0.39 is 0 Å². The van der Waals surface area contributed by atoms with E-state index in [2.05, 4.69) is 18.9 Å². The SMILES string of the molecule is CCCCN(C)CC1(CC(N)=S)CC1. The zero-order valence-electron chi connectivity index (χ0n) is 9.38. The lowest BCUT2D eigenvalue weighted by Crippen LogP contribution is -2.30. The molecule has 0 aromatic heterocycles. The molecule has 0 aromatic carbocycles. The maximum absolute atomic E-state index is 5.61. The molecule has 0 aliphatic heterocycles. The molecule has 0 bridgehead atoms. The van der Waals surface area contributed by atoms with Crippen molar-refractivity contribution >= 4 is 17.2 Å². The van der Waals surface area contributed by atoms with Gasteiger partial charge >= 0.3 is 0 Å². The van der Waals surface area contributed by atoms with E-state index in [4.69, 9.17) is 18.0 Å². The van der Waals surface area contributed by atoms with Crippen LogP contribution in [-0.4, -0.2) is 30.0 Å². The molecule has 1 fully saturated rings. The van der Waals surface area contributed by atoms with Crippen molar-refractivity contribution < 1.29 is 0 Å².